The van der Waals surface area contributed by atoms with E-state index in [9.17, 15) is 14.7 Å². The molecule has 142 valence electrons. The largest absolute Gasteiger partial charge is 0.508 e. The van der Waals surface area contributed by atoms with Crippen molar-refractivity contribution in [3.63, 3.8) is 0 Å². The number of phenols is 1. The highest BCUT2D eigenvalue weighted by Crippen LogP contribution is 2.33. The Labute approximate surface area is 158 Å². The minimum Gasteiger partial charge on any atom is -0.508 e. The lowest BCUT2D eigenvalue weighted by Crippen LogP contribution is -2.44. The van der Waals surface area contributed by atoms with E-state index >= 15 is 0 Å². The number of hydrogen-bond acceptors (Lipinski definition) is 5. The Morgan fingerprint density at radius 3 is 2.70 bits per heavy atom. The lowest BCUT2D eigenvalue weighted by atomic mass is 9.94. The number of aromatic hydroxyl groups is 1. The summed E-state index contributed by atoms with van der Waals surface area (Å²) in [5, 5.41) is 12.6. The summed E-state index contributed by atoms with van der Waals surface area (Å²) < 4.78 is 0. The van der Waals surface area contributed by atoms with Crippen LogP contribution >= 0.6 is 0 Å². The SMILES string of the molecule is Cc1ccc([C@@H]2CCCCN2C(=O)C(=O)Nc2cnc(N)c(C)c2)cc1O. The fourth-order valence-electron chi connectivity index (χ4n) is 3.32. The minimum absolute atomic E-state index is 0.193. The molecule has 2 amide bonds. The number of piperidine rings is 1. The first-order chi connectivity index (χ1) is 12.9. The lowest BCUT2D eigenvalue weighted by Gasteiger charge is -2.35. The van der Waals surface area contributed by atoms with E-state index in [0.29, 0.717) is 18.1 Å². The number of carbonyl (C=O) groups excluding carboxylic acids is 2. The maximum atomic E-state index is 12.8. The Balaban J connectivity index is 1.78. The Morgan fingerprint density at radius 1 is 1.22 bits per heavy atom. The number of nitrogens with two attached hydrogens (primary N) is 1. The zero-order chi connectivity index (χ0) is 19.6. The Bertz CT molecular complexity index is 882. The molecule has 0 aliphatic carbocycles. The van der Waals surface area contributed by atoms with Gasteiger partial charge >= 0.3 is 11.8 Å². The van der Waals surface area contributed by atoms with E-state index < -0.39 is 11.8 Å². The predicted octanol–water partition coefficient (Wildman–Crippen LogP) is 2.68. The van der Waals surface area contributed by atoms with Gasteiger partial charge in [0.05, 0.1) is 17.9 Å². The summed E-state index contributed by atoms with van der Waals surface area (Å²) in [6.45, 7) is 4.11. The summed E-state index contributed by atoms with van der Waals surface area (Å²) in [6, 6.07) is 6.85. The van der Waals surface area contributed by atoms with Crippen LogP contribution in [0.5, 0.6) is 5.75 Å². The van der Waals surface area contributed by atoms with Crippen molar-refractivity contribution >= 4 is 23.3 Å². The van der Waals surface area contributed by atoms with Gasteiger partial charge in [-0.05, 0) is 61.9 Å². The first-order valence-electron chi connectivity index (χ1n) is 9.00. The molecule has 0 saturated carbocycles. The molecule has 2 heterocycles. The van der Waals surface area contributed by atoms with E-state index in [1.54, 1.807) is 24.0 Å². The monoisotopic (exact) mass is 368 g/mol. The molecule has 0 unspecified atom stereocenters. The third-order valence-electron chi connectivity index (χ3n) is 4.95. The molecule has 3 rings (SSSR count). The van der Waals surface area contributed by atoms with Crippen molar-refractivity contribution in [1.82, 2.24) is 9.88 Å². The molecular weight excluding hydrogens is 344 g/mol. The zero-order valence-electron chi connectivity index (χ0n) is 15.5. The second-order valence-corrected chi connectivity index (χ2v) is 6.94. The van der Waals surface area contributed by atoms with E-state index in [1.807, 2.05) is 19.1 Å². The van der Waals surface area contributed by atoms with Crippen LogP contribution in [0.25, 0.3) is 0 Å². The Hall–Kier alpha value is -3.09. The molecule has 1 saturated heterocycles. The van der Waals surface area contributed by atoms with Crippen LogP contribution in [0.4, 0.5) is 11.5 Å². The number of nitrogens with zero attached hydrogens (tertiary/aromatic N) is 2. The number of rotatable bonds is 2. The molecule has 1 fully saturated rings. The number of carbonyl (C=O) groups is 2. The third kappa shape index (κ3) is 4.02. The molecule has 0 spiro atoms. The molecule has 1 aliphatic heterocycles. The van der Waals surface area contributed by atoms with Crippen LogP contribution in [-0.4, -0.2) is 33.3 Å². The number of phenolic OH excluding ortho intramolecular Hbond substituents is 1. The van der Waals surface area contributed by atoms with Crippen LogP contribution in [0, 0.1) is 13.8 Å². The van der Waals surface area contributed by atoms with Gasteiger partial charge < -0.3 is 21.1 Å². The summed E-state index contributed by atoms with van der Waals surface area (Å²) in [5.41, 5.74) is 8.45. The number of nitrogens with one attached hydrogen (secondary N) is 1. The van der Waals surface area contributed by atoms with Gasteiger partial charge in [-0.3, -0.25) is 9.59 Å². The van der Waals surface area contributed by atoms with Crippen molar-refractivity contribution in [3.05, 3.63) is 47.2 Å². The molecule has 4 N–H and O–H groups in total. The summed E-state index contributed by atoms with van der Waals surface area (Å²) >= 11 is 0. The lowest BCUT2D eigenvalue weighted by molar-refractivity contribution is -0.145. The number of benzene rings is 1. The standard InChI is InChI=1S/C20H24N4O3/c1-12-6-7-14(10-17(12)25)16-5-3-4-8-24(16)20(27)19(26)23-15-9-13(2)18(21)22-11-15/h6-7,9-11,16,25H,3-5,8H2,1-2H3,(H2,21,22)(H,23,26)/t16-/m0/s1. The quantitative estimate of drug-likeness (QED) is 0.706. The van der Waals surface area contributed by atoms with Crippen molar-refractivity contribution in [1.29, 1.82) is 0 Å². The van der Waals surface area contributed by atoms with E-state index in [2.05, 4.69) is 10.3 Å². The van der Waals surface area contributed by atoms with Crippen LogP contribution in [0.2, 0.25) is 0 Å². The van der Waals surface area contributed by atoms with E-state index in [-0.39, 0.29) is 11.8 Å². The third-order valence-corrected chi connectivity index (χ3v) is 4.95. The highest BCUT2D eigenvalue weighted by Gasteiger charge is 2.32. The molecule has 27 heavy (non-hydrogen) atoms. The molecule has 1 aromatic carbocycles. The topological polar surface area (TPSA) is 109 Å². The van der Waals surface area contributed by atoms with E-state index in [0.717, 1.165) is 36.0 Å². The van der Waals surface area contributed by atoms with Crippen LogP contribution in [-0.2, 0) is 9.59 Å². The molecule has 1 aliphatic rings. The first kappa shape index (κ1) is 18.7. The molecular formula is C20H24N4O3. The molecule has 1 atom stereocenters. The number of anilines is 2. The fraction of sp³-hybridized carbons (Fsp3) is 0.350. The number of nitrogen functional groups attached to an aromatic ring is 1. The van der Waals surface area contributed by atoms with Crippen molar-refractivity contribution in [3.8, 4) is 5.75 Å². The van der Waals surface area contributed by atoms with Crippen molar-refractivity contribution in [2.24, 2.45) is 0 Å². The second-order valence-electron chi connectivity index (χ2n) is 6.94. The average molecular weight is 368 g/mol. The molecule has 7 nitrogen and oxygen atoms in total. The van der Waals surface area contributed by atoms with Crippen molar-refractivity contribution < 1.29 is 14.7 Å². The smallest absolute Gasteiger partial charge is 0.313 e. The average Bonchev–Trinajstić information content (AvgIpc) is 2.66. The van der Waals surface area contributed by atoms with Gasteiger partial charge in [-0.2, -0.15) is 0 Å². The molecule has 0 bridgehead atoms. The number of aromatic nitrogens is 1. The van der Waals surface area contributed by atoms with Crippen LogP contribution in [0.1, 0.15) is 42.0 Å². The van der Waals surface area contributed by atoms with Gasteiger partial charge in [0.1, 0.15) is 11.6 Å². The molecule has 2 aromatic rings. The van der Waals surface area contributed by atoms with Gasteiger partial charge in [-0.25, -0.2) is 4.98 Å². The maximum absolute atomic E-state index is 12.8. The van der Waals surface area contributed by atoms with E-state index in [1.165, 1.54) is 6.20 Å². The summed E-state index contributed by atoms with van der Waals surface area (Å²) in [5.74, 6) is -0.716. The van der Waals surface area contributed by atoms with Crippen LogP contribution in [0.15, 0.2) is 30.5 Å². The number of likely N-dealkylation sites (tertiary alicyclic amines) is 1. The number of amides is 2. The fourth-order valence-corrected chi connectivity index (χ4v) is 3.32. The summed E-state index contributed by atoms with van der Waals surface area (Å²) in [4.78, 5) is 30.9. The predicted molar refractivity (Wildman–Crippen MR) is 103 cm³/mol. The summed E-state index contributed by atoms with van der Waals surface area (Å²) in [7, 11) is 0. The van der Waals surface area contributed by atoms with Gasteiger partial charge in [0.15, 0.2) is 0 Å². The number of pyridine rings is 1. The minimum atomic E-state index is -0.704. The van der Waals surface area contributed by atoms with Gasteiger partial charge in [0.2, 0.25) is 0 Å². The number of hydrogen-bond donors (Lipinski definition) is 3. The first-order valence-corrected chi connectivity index (χ1v) is 9.00. The zero-order valence-corrected chi connectivity index (χ0v) is 15.5. The van der Waals surface area contributed by atoms with Crippen molar-refractivity contribution in [2.75, 3.05) is 17.6 Å². The van der Waals surface area contributed by atoms with Gasteiger partial charge in [0.25, 0.3) is 0 Å². The highest BCUT2D eigenvalue weighted by molar-refractivity contribution is 6.39. The number of aryl methyl sites for hydroxylation is 2. The highest BCUT2D eigenvalue weighted by atomic mass is 16.3. The Morgan fingerprint density at radius 2 is 2.00 bits per heavy atom. The molecule has 0 radical (unpaired) electrons. The summed E-state index contributed by atoms with van der Waals surface area (Å²) in [6.07, 6.45) is 3.99. The maximum Gasteiger partial charge on any atom is 0.313 e. The van der Waals surface area contributed by atoms with Gasteiger partial charge in [-0.15, -0.1) is 0 Å². The van der Waals surface area contributed by atoms with Gasteiger partial charge in [0, 0.05) is 6.54 Å². The molecule has 7 heteroatoms. The molecule has 1 aromatic heterocycles. The van der Waals surface area contributed by atoms with Crippen LogP contribution < -0.4 is 11.1 Å². The van der Waals surface area contributed by atoms with Crippen LogP contribution in [0.3, 0.4) is 0 Å². The Kier molecular flexibility index (Phi) is 5.30. The van der Waals surface area contributed by atoms with E-state index in [4.69, 9.17) is 5.73 Å². The normalized spacial score (nSPS) is 16.8. The second kappa shape index (κ2) is 7.65. The van der Waals surface area contributed by atoms with Gasteiger partial charge in [-0.1, -0.05) is 12.1 Å². The van der Waals surface area contributed by atoms with Crippen molar-refractivity contribution in [2.45, 2.75) is 39.2 Å².